The fraction of sp³-hybridized carbons (Fsp3) is 0.143. The molecule has 0 amide bonds. The van der Waals surface area contributed by atoms with Crippen molar-refractivity contribution in [3.05, 3.63) is 44.3 Å². The molecule has 114 valence electrons. The van der Waals surface area contributed by atoms with Gasteiger partial charge in [0.15, 0.2) is 0 Å². The number of aromatic hydroxyl groups is 2. The van der Waals surface area contributed by atoms with Crippen LogP contribution in [0.15, 0.2) is 33.2 Å². The van der Waals surface area contributed by atoms with Gasteiger partial charge in [0.2, 0.25) is 0 Å². The lowest BCUT2D eigenvalue weighted by molar-refractivity contribution is 0.354. The third kappa shape index (κ3) is 2.07. The van der Waals surface area contributed by atoms with E-state index in [1.54, 1.807) is 12.1 Å². The van der Waals surface area contributed by atoms with Crippen molar-refractivity contribution in [1.82, 2.24) is 0 Å². The summed E-state index contributed by atoms with van der Waals surface area (Å²) in [6.45, 7) is 0. The summed E-state index contributed by atoms with van der Waals surface area (Å²) in [6.07, 6.45) is 0.224. The average Bonchev–Trinajstić information content (AvgIpc) is 2.43. The minimum atomic E-state index is -3.35. The molecule has 0 unspecified atom stereocenters. The van der Waals surface area contributed by atoms with Gasteiger partial charge < -0.3 is 19.3 Å². The van der Waals surface area contributed by atoms with Crippen LogP contribution in [0.2, 0.25) is 0 Å². The fourth-order valence-corrected chi connectivity index (χ4v) is 5.46. The van der Waals surface area contributed by atoms with Crippen LogP contribution in [0.5, 0.6) is 23.0 Å². The Morgan fingerprint density at radius 2 is 1.41 bits per heavy atom. The summed E-state index contributed by atoms with van der Waals surface area (Å²) in [4.78, 5) is 0. The van der Waals surface area contributed by atoms with Crippen LogP contribution in [0.3, 0.4) is 0 Å². The molecular formula is C14H9Br2O5P. The first kappa shape index (κ1) is 14.4. The predicted molar refractivity (Wildman–Crippen MR) is 87.2 cm³/mol. The molecule has 22 heavy (non-hydrogen) atoms. The molecule has 2 aromatic rings. The van der Waals surface area contributed by atoms with Gasteiger partial charge in [-0.15, -0.1) is 0 Å². The van der Waals surface area contributed by atoms with Crippen molar-refractivity contribution in [2.24, 2.45) is 0 Å². The van der Waals surface area contributed by atoms with Gasteiger partial charge >= 0.3 is 7.60 Å². The highest BCUT2D eigenvalue weighted by molar-refractivity contribution is 9.10. The van der Waals surface area contributed by atoms with Crippen molar-refractivity contribution < 1.29 is 23.8 Å². The fourth-order valence-electron chi connectivity index (χ4n) is 2.80. The molecule has 2 bridgehead atoms. The van der Waals surface area contributed by atoms with Crippen LogP contribution >= 0.6 is 39.5 Å². The summed E-state index contributed by atoms with van der Waals surface area (Å²) in [5.74, 6) is 0.551. The molecule has 5 nitrogen and oxygen atoms in total. The minimum absolute atomic E-state index is 0.0126. The van der Waals surface area contributed by atoms with Gasteiger partial charge in [-0.2, -0.15) is 0 Å². The molecule has 2 N–H and O–H groups in total. The molecule has 0 fully saturated rings. The molecule has 0 aromatic heterocycles. The van der Waals surface area contributed by atoms with E-state index in [1.807, 2.05) is 0 Å². The van der Waals surface area contributed by atoms with E-state index >= 15 is 0 Å². The highest BCUT2D eigenvalue weighted by Gasteiger charge is 2.46. The summed E-state index contributed by atoms with van der Waals surface area (Å²) in [7, 11) is -3.35. The molecule has 8 heteroatoms. The summed E-state index contributed by atoms with van der Waals surface area (Å²) in [5.41, 5.74) is 1.64. The van der Waals surface area contributed by atoms with Crippen molar-refractivity contribution in [2.45, 2.75) is 5.92 Å². The number of phenols is 2. The molecule has 0 aliphatic carbocycles. The van der Waals surface area contributed by atoms with Crippen molar-refractivity contribution in [1.29, 1.82) is 0 Å². The van der Waals surface area contributed by atoms with Crippen LogP contribution in [0.4, 0.5) is 0 Å². The zero-order valence-electron chi connectivity index (χ0n) is 10.9. The normalized spacial score (nSPS) is 24.7. The maximum atomic E-state index is 12.8. The second-order valence-corrected chi connectivity index (χ2v) is 8.87. The highest BCUT2D eigenvalue weighted by Crippen LogP contribution is 2.64. The number of halogens is 2. The third-order valence-electron chi connectivity index (χ3n) is 3.79. The van der Waals surface area contributed by atoms with Crippen LogP contribution in [-0.4, -0.2) is 16.4 Å². The Morgan fingerprint density at radius 3 is 1.86 bits per heavy atom. The highest BCUT2D eigenvalue weighted by atomic mass is 79.9. The molecule has 2 heterocycles. The first-order chi connectivity index (χ1) is 10.4. The van der Waals surface area contributed by atoms with E-state index < -0.39 is 7.60 Å². The summed E-state index contributed by atoms with van der Waals surface area (Å²) in [6, 6.07) is 6.38. The van der Waals surface area contributed by atoms with Gasteiger partial charge in [0.1, 0.15) is 23.0 Å². The topological polar surface area (TPSA) is 76.0 Å². The standard InChI is InChI=1S/C14H9Br2O5P/c15-9-1-6-8-5-22(19,20-13(6)3-11(9)17)21-14-4-12(18)10(16)2-7(8)14/h1-4,8,17-18H,5H2. The van der Waals surface area contributed by atoms with E-state index in [4.69, 9.17) is 9.05 Å². The molecule has 0 saturated carbocycles. The second-order valence-electron chi connectivity index (χ2n) is 5.21. The average molecular weight is 448 g/mol. The van der Waals surface area contributed by atoms with Crippen molar-refractivity contribution in [3.8, 4) is 23.0 Å². The first-order valence-corrected chi connectivity index (χ1v) is 9.71. The minimum Gasteiger partial charge on any atom is -0.507 e. The van der Waals surface area contributed by atoms with E-state index in [0.717, 1.165) is 11.1 Å². The smallest absolute Gasteiger partial charge is 0.431 e. The van der Waals surface area contributed by atoms with E-state index in [9.17, 15) is 14.8 Å². The number of benzene rings is 2. The SMILES string of the molecule is O=P12CC(c3cc(Br)c(O)cc3O1)c1cc(Br)c(O)cc1O2. The number of phenolic OH excluding ortho intramolecular Hbond substituents is 2. The molecular weight excluding hydrogens is 439 g/mol. The zero-order valence-corrected chi connectivity index (χ0v) is 15.0. The molecule has 4 rings (SSSR count). The van der Waals surface area contributed by atoms with Crippen molar-refractivity contribution in [2.75, 3.05) is 6.16 Å². The lowest BCUT2D eigenvalue weighted by Gasteiger charge is -2.37. The molecule has 2 aromatic carbocycles. The van der Waals surface area contributed by atoms with Gasteiger partial charge in [-0.1, -0.05) is 0 Å². The second kappa shape index (κ2) is 4.66. The van der Waals surface area contributed by atoms with Gasteiger partial charge in [-0.25, -0.2) is 4.57 Å². The van der Waals surface area contributed by atoms with Crippen LogP contribution in [0.25, 0.3) is 0 Å². The lowest BCUT2D eigenvalue weighted by atomic mass is 9.91. The summed E-state index contributed by atoms with van der Waals surface area (Å²) < 4.78 is 24.9. The maximum absolute atomic E-state index is 12.8. The Morgan fingerprint density at radius 1 is 0.955 bits per heavy atom. The van der Waals surface area contributed by atoms with E-state index in [2.05, 4.69) is 31.9 Å². The molecule has 2 aliphatic heterocycles. The largest absolute Gasteiger partial charge is 0.507 e. The Labute approximate surface area is 142 Å². The Bertz CT molecular complexity index is 801. The molecule has 0 spiro atoms. The lowest BCUT2D eigenvalue weighted by Crippen LogP contribution is -2.24. The molecule has 0 radical (unpaired) electrons. The first-order valence-electron chi connectivity index (χ1n) is 6.39. The van der Waals surface area contributed by atoms with Gasteiger partial charge in [-0.3, -0.25) is 0 Å². The number of hydrogen-bond donors (Lipinski definition) is 2. The third-order valence-corrected chi connectivity index (χ3v) is 6.82. The Kier molecular flexibility index (Phi) is 3.06. The molecule has 0 atom stereocenters. The number of fused-ring (bicyclic) bond motifs is 6. The number of rotatable bonds is 0. The van der Waals surface area contributed by atoms with Crippen LogP contribution in [0, 0.1) is 0 Å². The monoisotopic (exact) mass is 446 g/mol. The van der Waals surface area contributed by atoms with E-state index in [0.29, 0.717) is 20.4 Å². The Balaban J connectivity index is 1.99. The van der Waals surface area contributed by atoms with Crippen LogP contribution < -0.4 is 9.05 Å². The quantitative estimate of drug-likeness (QED) is 0.571. The van der Waals surface area contributed by atoms with Gasteiger partial charge in [0.05, 0.1) is 15.1 Å². The molecule has 0 saturated heterocycles. The van der Waals surface area contributed by atoms with Gasteiger partial charge in [0.25, 0.3) is 0 Å². The predicted octanol–water partition coefficient (Wildman–Crippen LogP) is 4.73. The van der Waals surface area contributed by atoms with Crippen LogP contribution in [0.1, 0.15) is 17.0 Å². The molecule has 2 aliphatic rings. The van der Waals surface area contributed by atoms with E-state index in [1.165, 1.54) is 12.1 Å². The maximum Gasteiger partial charge on any atom is 0.431 e. The number of hydrogen-bond acceptors (Lipinski definition) is 5. The van der Waals surface area contributed by atoms with Crippen LogP contribution in [-0.2, 0) is 4.57 Å². The van der Waals surface area contributed by atoms with Crippen molar-refractivity contribution in [3.63, 3.8) is 0 Å². The van der Waals surface area contributed by atoms with Gasteiger partial charge in [-0.05, 0) is 44.0 Å². The van der Waals surface area contributed by atoms with E-state index in [-0.39, 0.29) is 23.6 Å². The van der Waals surface area contributed by atoms with Gasteiger partial charge in [0, 0.05) is 29.2 Å². The Hall–Kier alpha value is -1.17. The zero-order chi connectivity index (χ0) is 15.6. The van der Waals surface area contributed by atoms with Crippen molar-refractivity contribution >= 4 is 39.5 Å². The summed E-state index contributed by atoms with van der Waals surface area (Å²) in [5, 5.41) is 19.6. The summed E-state index contributed by atoms with van der Waals surface area (Å²) >= 11 is 6.58.